The molecule has 2 aromatic carbocycles. The molecule has 0 unspecified atom stereocenters. The zero-order valence-electron chi connectivity index (χ0n) is 13.4. The molecule has 1 amide bonds. The van der Waals surface area contributed by atoms with E-state index in [0.29, 0.717) is 5.69 Å². The molecule has 1 N–H and O–H groups in total. The lowest BCUT2D eigenvalue weighted by atomic mass is 10.2. The lowest BCUT2D eigenvalue weighted by molar-refractivity contribution is -0.383. The molecule has 0 saturated carbocycles. The number of hydrogen-bond acceptors (Lipinski definition) is 7. The molecule has 0 bridgehead atoms. The van der Waals surface area contributed by atoms with Crippen molar-refractivity contribution in [1.29, 1.82) is 0 Å². The third-order valence-electron chi connectivity index (χ3n) is 3.26. The zero-order valence-corrected chi connectivity index (χ0v) is 14.9. The molecule has 0 spiro atoms. The van der Waals surface area contributed by atoms with Gasteiger partial charge in [-0.25, -0.2) is 4.39 Å². The minimum Gasteiger partial charge on any atom is -0.320 e. The number of amides is 1. The number of thioether (sulfide) groups is 1. The van der Waals surface area contributed by atoms with E-state index >= 15 is 0 Å². The number of nitrogens with zero attached hydrogens (tertiary/aromatic N) is 5. The van der Waals surface area contributed by atoms with E-state index in [1.807, 2.05) is 0 Å². The molecule has 0 atom stereocenters. The highest BCUT2D eigenvalue weighted by molar-refractivity contribution is 7.99. The Morgan fingerprint density at radius 1 is 1.33 bits per heavy atom. The molecule has 0 saturated heterocycles. The number of halogens is 2. The lowest BCUT2D eigenvalue weighted by Crippen LogP contribution is -2.15. The summed E-state index contributed by atoms with van der Waals surface area (Å²) < 4.78 is 14.6. The van der Waals surface area contributed by atoms with Crippen LogP contribution in [-0.4, -0.2) is 36.8 Å². The summed E-state index contributed by atoms with van der Waals surface area (Å²) >= 11 is 6.81. The Kier molecular flexibility index (Phi) is 5.62. The smallest absolute Gasteiger partial charge is 0.292 e. The van der Waals surface area contributed by atoms with Crippen LogP contribution in [0.3, 0.4) is 0 Å². The van der Waals surface area contributed by atoms with Crippen molar-refractivity contribution in [2.75, 3.05) is 11.1 Å². The number of carbonyl (C=O) groups is 1. The SMILES string of the molecule is O=C(CSc1nnnn1-c1cccc(F)c1)Nc1cc(Cl)ccc1[N+](=O)[O-]. The number of nitro benzene ring substituents is 1. The summed E-state index contributed by atoms with van der Waals surface area (Å²) in [5, 5.41) is 25.1. The van der Waals surface area contributed by atoms with E-state index in [4.69, 9.17) is 11.6 Å². The van der Waals surface area contributed by atoms with Crippen molar-refractivity contribution in [2.45, 2.75) is 5.16 Å². The summed E-state index contributed by atoms with van der Waals surface area (Å²) in [6.45, 7) is 0. The Morgan fingerprint density at radius 2 is 2.15 bits per heavy atom. The molecule has 1 heterocycles. The molecule has 0 fully saturated rings. The molecular weight excluding hydrogens is 399 g/mol. The summed E-state index contributed by atoms with van der Waals surface area (Å²) in [4.78, 5) is 22.6. The van der Waals surface area contributed by atoms with Gasteiger partial charge in [-0.1, -0.05) is 29.4 Å². The second-order valence-corrected chi connectivity index (χ2v) is 6.49. The van der Waals surface area contributed by atoms with E-state index in [2.05, 4.69) is 20.8 Å². The minimum absolute atomic E-state index is 0.0113. The van der Waals surface area contributed by atoms with Crippen LogP contribution in [0.2, 0.25) is 5.02 Å². The molecule has 0 radical (unpaired) electrons. The van der Waals surface area contributed by atoms with E-state index in [-0.39, 0.29) is 27.3 Å². The van der Waals surface area contributed by atoms with Gasteiger partial charge >= 0.3 is 0 Å². The average molecular weight is 409 g/mol. The Labute approximate surface area is 160 Å². The Hall–Kier alpha value is -3.05. The molecule has 0 aliphatic rings. The van der Waals surface area contributed by atoms with E-state index in [1.165, 1.54) is 41.1 Å². The van der Waals surface area contributed by atoms with Gasteiger partial charge in [0.2, 0.25) is 11.1 Å². The first kappa shape index (κ1) is 18.7. The first-order valence-corrected chi connectivity index (χ1v) is 8.71. The summed E-state index contributed by atoms with van der Waals surface area (Å²) in [5.41, 5.74) is 0.110. The summed E-state index contributed by atoms with van der Waals surface area (Å²) in [5.74, 6) is -1.09. The van der Waals surface area contributed by atoms with Gasteiger partial charge in [-0.15, -0.1) is 5.10 Å². The fourth-order valence-corrected chi connectivity index (χ4v) is 2.99. The van der Waals surface area contributed by atoms with Crippen LogP contribution in [0.1, 0.15) is 0 Å². The Balaban J connectivity index is 1.70. The molecular formula is C15H10ClFN6O3S. The number of carbonyl (C=O) groups excluding carboxylic acids is 1. The van der Waals surface area contributed by atoms with Crippen LogP contribution < -0.4 is 5.32 Å². The number of benzene rings is 2. The van der Waals surface area contributed by atoms with Gasteiger partial charge in [-0.05, 0) is 40.8 Å². The van der Waals surface area contributed by atoms with Gasteiger partial charge in [0.1, 0.15) is 11.5 Å². The summed E-state index contributed by atoms with van der Waals surface area (Å²) in [6, 6.07) is 9.50. The molecule has 1 aromatic heterocycles. The van der Waals surface area contributed by atoms with Gasteiger partial charge in [0.15, 0.2) is 0 Å². The molecule has 12 heteroatoms. The second-order valence-electron chi connectivity index (χ2n) is 5.11. The van der Waals surface area contributed by atoms with Crippen LogP contribution in [0.4, 0.5) is 15.8 Å². The average Bonchev–Trinajstić information content (AvgIpc) is 3.08. The monoisotopic (exact) mass is 408 g/mol. The number of hydrogen-bond donors (Lipinski definition) is 1. The van der Waals surface area contributed by atoms with E-state index < -0.39 is 16.6 Å². The molecule has 3 rings (SSSR count). The van der Waals surface area contributed by atoms with Crippen molar-refractivity contribution in [3.8, 4) is 5.69 Å². The molecule has 9 nitrogen and oxygen atoms in total. The predicted molar refractivity (Wildman–Crippen MR) is 96.6 cm³/mol. The van der Waals surface area contributed by atoms with Gasteiger partial charge in [-0.3, -0.25) is 14.9 Å². The fraction of sp³-hybridized carbons (Fsp3) is 0.0667. The zero-order chi connectivity index (χ0) is 19.4. The number of nitrogens with one attached hydrogen (secondary N) is 1. The van der Waals surface area contributed by atoms with Crippen molar-refractivity contribution < 1.29 is 14.1 Å². The second kappa shape index (κ2) is 8.10. The van der Waals surface area contributed by atoms with Gasteiger partial charge in [0, 0.05) is 11.1 Å². The molecule has 0 aliphatic heterocycles. The maximum absolute atomic E-state index is 13.4. The maximum Gasteiger partial charge on any atom is 0.292 e. The van der Waals surface area contributed by atoms with Crippen molar-refractivity contribution in [3.05, 3.63) is 63.4 Å². The van der Waals surface area contributed by atoms with E-state index in [1.54, 1.807) is 6.07 Å². The summed E-state index contributed by atoms with van der Waals surface area (Å²) in [7, 11) is 0. The van der Waals surface area contributed by atoms with Gasteiger partial charge in [0.05, 0.1) is 16.4 Å². The molecule has 138 valence electrons. The fourth-order valence-electron chi connectivity index (χ4n) is 2.12. The van der Waals surface area contributed by atoms with Crippen LogP contribution in [0.15, 0.2) is 47.6 Å². The molecule has 0 aliphatic carbocycles. The lowest BCUT2D eigenvalue weighted by Gasteiger charge is -2.07. The van der Waals surface area contributed by atoms with Crippen LogP contribution in [0.25, 0.3) is 5.69 Å². The van der Waals surface area contributed by atoms with Crippen molar-refractivity contribution in [3.63, 3.8) is 0 Å². The number of aromatic nitrogens is 4. The highest BCUT2D eigenvalue weighted by atomic mass is 35.5. The molecule has 27 heavy (non-hydrogen) atoms. The summed E-state index contributed by atoms with van der Waals surface area (Å²) in [6.07, 6.45) is 0. The largest absolute Gasteiger partial charge is 0.320 e. The van der Waals surface area contributed by atoms with Crippen LogP contribution in [0, 0.1) is 15.9 Å². The number of nitro groups is 1. The van der Waals surface area contributed by atoms with Gasteiger partial charge < -0.3 is 5.32 Å². The third kappa shape index (κ3) is 4.57. The van der Waals surface area contributed by atoms with Crippen molar-refractivity contribution >= 4 is 40.6 Å². The normalized spacial score (nSPS) is 10.6. The first-order valence-electron chi connectivity index (χ1n) is 7.35. The standard InChI is InChI=1S/C15H10ClFN6O3S/c16-9-4-5-13(23(25)26)12(6-9)18-14(24)8-27-15-19-20-21-22(15)11-3-1-2-10(17)7-11/h1-7H,8H2,(H,18,24). The third-order valence-corrected chi connectivity index (χ3v) is 4.41. The number of anilines is 1. The van der Waals surface area contributed by atoms with Crippen molar-refractivity contribution in [1.82, 2.24) is 20.2 Å². The van der Waals surface area contributed by atoms with Crippen LogP contribution in [-0.2, 0) is 4.79 Å². The van der Waals surface area contributed by atoms with E-state index in [0.717, 1.165) is 11.8 Å². The maximum atomic E-state index is 13.4. The quantitative estimate of drug-likeness (QED) is 0.378. The number of rotatable bonds is 6. The minimum atomic E-state index is -0.621. The van der Waals surface area contributed by atoms with Crippen molar-refractivity contribution in [2.24, 2.45) is 0 Å². The Bertz CT molecular complexity index is 1010. The first-order chi connectivity index (χ1) is 12.9. The predicted octanol–water partition coefficient (Wildman–Crippen LogP) is 3.09. The van der Waals surface area contributed by atoms with Crippen LogP contribution in [0.5, 0.6) is 0 Å². The molecule has 3 aromatic rings. The number of tetrazole rings is 1. The van der Waals surface area contributed by atoms with Crippen LogP contribution >= 0.6 is 23.4 Å². The topological polar surface area (TPSA) is 116 Å². The highest BCUT2D eigenvalue weighted by Crippen LogP contribution is 2.28. The highest BCUT2D eigenvalue weighted by Gasteiger charge is 2.17. The van der Waals surface area contributed by atoms with E-state index in [9.17, 15) is 19.3 Å². The Morgan fingerprint density at radius 3 is 2.89 bits per heavy atom. The van der Waals surface area contributed by atoms with Gasteiger partial charge in [0.25, 0.3) is 5.69 Å². The van der Waals surface area contributed by atoms with Gasteiger partial charge in [-0.2, -0.15) is 4.68 Å².